The number of ether oxygens (including phenoxy) is 1. The molecule has 0 saturated carbocycles. The summed E-state index contributed by atoms with van der Waals surface area (Å²) in [5.41, 5.74) is 4.98. The number of rotatable bonds is 4. The molecule has 0 spiro atoms. The third kappa shape index (κ3) is 2.70. The Morgan fingerprint density at radius 3 is 2.80 bits per heavy atom. The van der Waals surface area contributed by atoms with Crippen LogP contribution in [0.3, 0.4) is 0 Å². The van der Waals surface area contributed by atoms with Gasteiger partial charge in [-0.25, -0.2) is 4.79 Å². The van der Waals surface area contributed by atoms with Crippen LogP contribution in [0.1, 0.15) is 13.3 Å². The Morgan fingerprint density at radius 2 is 2.40 bits per heavy atom. The number of nitrogens with two attached hydrogens (primary N) is 1. The summed E-state index contributed by atoms with van der Waals surface area (Å²) in [7, 11) is 0. The van der Waals surface area contributed by atoms with Gasteiger partial charge in [-0.15, -0.1) is 0 Å². The van der Waals surface area contributed by atoms with Gasteiger partial charge in [0.05, 0.1) is 0 Å². The van der Waals surface area contributed by atoms with Gasteiger partial charge in [-0.3, -0.25) is 0 Å². The summed E-state index contributed by atoms with van der Waals surface area (Å²) >= 11 is 0. The number of hydrogen-bond acceptors (Lipinski definition) is 3. The highest BCUT2D eigenvalue weighted by molar-refractivity contribution is 5.77. The molecule has 3 N–H and O–H groups in total. The second-order valence-corrected chi connectivity index (χ2v) is 3.64. The Labute approximate surface area is 88.7 Å². The predicted octanol–water partition coefficient (Wildman–Crippen LogP) is 1.21. The lowest BCUT2D eigenvalue weighted by Gasteiger charge is -2.26. The highest BCUT2D eigenvalue weighted by atomic mass is 16.5. The van der Waals surface area contributed by atoms with Crippen LogP contribution < -0.4 is 5.73 Å². The average Bonchev–Trinajstić information content (AvgIpc) is 2.21. The third-order valence-electron chi connectivity index (χ3n) is 2.23. The van der Waals surface area contributed by atoms with E-state index in [1.807, 2.05) is 0 Å². The quantitative estimate of drug-likeness (QED) is 0.729. The fraction of sp³-hybridized carbons (Fsp3) is 0.364. The number of carboxylic acids is 1. The van der Waals surface area contributed by atoms with E-state index in [0.29, 0.717) is 12.2 Å². The molecule has 1 atom stereocenters. The molecular formula is C11H15NO3. The zero-order valence-corrected chi connectivity index (χ0v) is 8.69. The van der Waals surface area contributed by atoms with Gasteiger partial charge >= 0.3 is 5.97 Å². The van der Waals surface area contributed by atoms with Crippen molar-refractivity contribution in [1.29, 1.82) is 0 Å². The van der Waals surface area contributed by atoms with E-state index in [-0.39, 0.29) is 6.54 Å². The molecule has 4 heteroatoms. The summed E-state index contributed by atoms with van der Waals surface area (Å²) in [5, 5.41) is 8.94. The van der Waals surface area contributed by atoms with Gasteiger partial charge in [0.1, 0.15) is 5.76 Å². The van der Waals surface area contributed by atoms with E-state index >= 15 is 0 Å². The third-order valence-corrected chi connectivity index (χ3v) is 2.23. The van der Waals surface area contributed by atoms with Crippen LogP contribution in [0.25, 0.3) is 0 Å². The SMILES string of the molecule is C=C1C=CC(OC(C)(CN)C(=O)O)=CC1. The molecule has 1 unspecified atom stereocenters. The summed E-state index contributed by atoms with van der Waals surface area (Å²) in [5.74, 6) is -0.540. The van der Waals surface area contributed by atoms with Crippen molar-refractivity contribution < 1.29 is 14.6 Å². The van der Waals surface area contributed by atoms with E-state index < -0.39 is 11.6 Å². The smallest absolute Gasteiger partial charge is 0.349 e. The van der Waals surface area contributed by atoms with E-state index in [1.165, 1.54) is 6.92 Å². The van der Waals surface area contributed by atoms with Crippen LogP contribution in [0.4, 0.5) is 0 Å². The van der Waals surface area contributed by atoms with Crippen molar-refractivity contribution in [1.82, 2.24) is 0 Å². The average molecular weight is 209 g/mol. The van der Waals surface area contributed by atoms with E-state index in [4.69, 9.17) is 15.6 Å². The summed E-state index contributed by atoms with van der Waals surface area (Å²) in [6.45, 7) is 5.15. The van der Waals surface area contributed by atoms with Crippen LogP contribution in [-0.4, -0.2) is 23.2 Å². The van der Waals surface area contributed by atoms with Crippen molar-refractivity contribution in [3.63, 3.8) is 0 Å². The van der Waals surface area contributed by atoms with Crippen LogP contribution in [-0.2, 0) is 9.53 Å². The fourth-order valence-electron chi connectivity index (χ4n) is 1.08. The van der Waals surface area contributed by atoms with Gasteiger partial charge in [0.25, 0.3) is 0 Å². The van der Waals surface area contributed by atoms with Gasteiger partial charge in [-0.2, -0.15) is 0 Å². The minimum absolute atomic E-state index is 0.0749. The minimum atomic E-state index is -1.37. The van der Waals surface area contributed by atoms with Crippen molar-refractivity contribution in [3.05, 3.63) is 36.1 Å². The molecule has 0 radical (unpaired) electrons. The van der Waals surface area contributed by atoms with Crippen LogP contribution in [0, 0.1) is 0 Å². The van der Waals surface area contributed by atoms with Gasteiger partial charge in [0.2, 0.25) is 5.60 Å². The minimum Gasteiger partial charge on any atom is -0.478 e. The normalized spacial score (nSPS) is 19.3. The molecule has 1 aliphatic carbocycles. The molecule has 0 saturated heterocycles. The zero-order chi connectivity index (χ0) is 11.5. The predicted molar refractivity (Wildman–Crippen MR) is 57.2 cm³/mol. The molecule has 0 aromatic heterocycles. The molecule has 4 nitrogen and oxygen atoms in total. The van der Waals surface area contributed by atoms with E-state index in [1.54, 1.807) is 18.2 Å². The van der Waals surface area contributed by atoms with Crippen LogP contribution >= 0.6 is 0 Å². The van der Waals surface area contributed by atoms with Gasteiger partial charge in [0.15, 0.2) is 0 Å². The molecule has 1 aliphatic rings. The van der Waals surface area contributed by atoms with Crippen molar-refractivity contribution in [2.45, 2.75) is 18.9 Å². The summed E-state index contributed by atoms with van der Waals surface area (Å²) in [6.07, 6.45) is 5.96. The van der Waals surface area contributed by atoms with Crippen LogP contribution in [0.5, 0.6) is 0 Å². The molecule has 0 aromatic rings. The second-order valence-electron chi connectivity index (χ2n) is 3.64. The maximum Gasteiger partial charge on any atom is 0.349 e. The van der Waals surface area contributed by atoms with E-state index in [2.05, 4.69) is 6.58 Å². The maximum atomic E-state index is 10.9. The molecule has 0 aromatic carbocycles. The number of carbonyl (C=O) groups is 1. The molecule has 82 valence electrons. The van der Waals surface area contributed by atoms with Crippen LogP contribution in [0.2, 0.25) is 0 Å². The van der Waals surface area contributed by atoms with E-state index in [9.17, 15) is 4.79 Å². The van der Waals surface area contributed by atoms with Crippen molar-refractivity contribution >= 4 is 5.97 Å². The Hall–Kier alpha value is -1.55. The van der Waals surface area contributed by atoms with E-state index in [0.717, 1.165) is 5.57 Å². The first-order valence-corrected chi connectivity index (χ1v) is 4.66. The first-order chi connectivity index (χ1) is 6.98. The van der Waals surface area contributed by atoms with Gasteiger partial charge in [0, 0.05) is 6.54 Å². The molecule has 0 bridgehead atoms. The highest BCUT2D eigenvalue weighted by Gasteiger charge is 2.34. The Morgan fingerprint density at radius 1 is 1.73 bits per heavy atom. The van der Waals surface area contributed by atoms with Gasteiger partial charge in [-0.05, 0) is 25.5 Å². The first-order valence-electron chi connectivity index (χ1n) is 4.66. The first kappa shape index (κ1) is 11.5. The number of carboxylic acid groups (broad SMARTS) is 1. The summed E-state index contributed by atoms with van der Waals surface area (Å²) in [4.78, 5) is 10.9. The van der Waals surface area contributed by atoms with Gasteiger partial charge < -0.3 is 15.6 Å². The highest BCUT2D eigenvalue weighted by Crippen LogP contribution is 2.20. The Balaban J connectivity index is 2.73. The lowest BCUT2D eigenvalue weighted by Crippen LogP contribution is -2.45. The monoisotopic (exact) mass is 209 g/mol. The molecule has 15 heavy (non-hydrogen) atoms. The topological polar surface area (TPSA) is 72.5 Å². The summed E-state index contributed by atoms with van der Waals surface area (Å²) in [6, 6.07) is 0. The van der Waals surface area contributed by atoms with Crippen molar-refractivity contribution in [3.8, 4) is 0 Å². The standard InChI is InChI=1S/C11H15NO3/c1-8-3-5-9(6-4-8)15-11(2,7-12)10(13)14/h3,5-6H,1,4,7,12H2,2H3,(H,13,14). The lowest BCUT2D eigenvalue weighted by atomic mass is 10.1. The molecule has 0 amide bonds. The molecule has 0 aliphatic heterocycles. The van der Waals surface area contributed by atoms with Crippen LogP contribution in [0.15, 0.2) is 36.1 Å². The zero-order valence-electron chi connectivity index (χ0n) is 8.69. The van der Waals surface area contributed by atoms with Gasteiger partial charge in [-0.1, -0.05) is 18.2 Å². The number of allylic oxidation sites excluding steroid dienone is 4. The molecule has 0 fully saturated rings. The lowest BCUT2D eigenvalue weighted by molar-refractivity contribution is -0.157. The number of hydrogen-bond donors (Lipinski definition) is 2. The molecule has 0 heterocycles. The second kappa shape index (κ2) is 4.31. The molecular weight excluding hydrogens is 194 g/mol. The number of aliphatic carboxylic acids is 1. The van der Waals surface area contributed by atoms with Crippen molar-refractivity contribution in [2.24, 2.45) is 5.73 Å². The maximum absolute atomic E-state index is 10.9. The van der Waals surface area contributed by atoms with Crippen molar-refractivity contribution in [2.75, 3.05) is 6.54 Å². The Bertz CT molecular complexity index is 344. The largest absolute Gasteiger partial charge is 0.478 e. The molecule has 1 rings (SSSR count). The Kier molecular flexibility index (Phi) is 3.31. The fourth-order valence-corrected chi connectivity index (χ4v) is 1.08. The summed E-state index contributed by atoms with van der Waals surface area (Å²) < 4.78 is 5.35.